The summed E-state index contributed by atoms with van der Waals surface area (Å²) in [5.41, 5.74) is 2.87. The van der Waals surface area contributed by atoms with Crippen LogP contribution in [0.1, 0.15) is 66.7 Å². The average Bonchev–Trinajstić information content (AvgIpc) is 2.51. The Bertz CT molecular complexity index is 4040. The van der Waals surface area contributed by atoms with Gasteiger partial charge in [-0.25, -0.2) is 55.9 Å². The number of aromatic carboxylic acids is 2. The van der Waals surface area contributed by atoms with Crippen molar-refractivity contribution >= 4 is 57.2 Å². The first-order valence-corrected chi connectivity index (χ1v) is 27.9. The number of carboxylic acids is 2. The summed E-state index contributed by atoms with van der Waals surface area (Å²) in [5, 5.41) is 19.6. The number of carbonyl (C=O) groups is 2. The first-order valence-electron chi connectivity index (χ1n) is 27.2. The van der Waals surface area contributed by atoms with Crippen molar-refractivity contribution in [2.45, 2.75) is 50.3 Å². The molecule has 12 rings (SSSR count). The van der Waals surface area contributed by atoms with E-state index in [-0.39, 0.29) is 141 Å². The zero-order chi connectivity index (χ0) is 61.9. The van der Waals surface area contributed by atoms with Gasteiger partial charge in [-0.15, -0.1) is 0 Å². The third-order valence-electron chi connectivity index (χ3n) is 15.0. The minimum atomic E-state index is -1.10. The SMILES string of the molecule is CO[C@H]1COC[C@H]1n1c(Cc2cc(F)c(-c3cccc(OCc4ccc(Cl)cc4F)n3)cc2F)nc2ccc(C(=O)O)cc21.CO[C@H]1COC[C@H]1n1c(Cc2cc(F)c(-c3cccc(OCc4ccc(Cl)cc4F)n3)cc2F)nc2ccc(C(=O)O)cc21. The van der Waals surface area contributed by atoms with Gasteiger partial charge in [0.25, 0.3) is 0 Å². The maximum atomic E-state index is 15.6. The zero-order valence-corrected chi connectivity index (χ0v) is 48.0. The van der Waals surface area contributed by atoms with Crippen LogP contribution in [0.4, 0.5) is 26.3 Å². The van der Waals surface area contributed by atoms with Crippen LogP contribution in [0.15, 0.2) is 133 Å². The van der Waals surface area contributed by atoms with Crippen molar-refractivity contribution in [1.29, 1.82) is 0 Å². The number of rotatable bonds is 18. The molecule has 0 unspecified atom stereocenters. The highest BCUT2D eigenvalue weighted by Crippen LogP contribution is 2.36. The van der Waals surface area contributed by atoms with Crippen LogP contribution >= 0.6 is 23.2 Å². The van der Waals surface area contributed by atoms with E-state index < -0.39 is 46.8 Å². The number of benzene rings is 6. The summed E-state index contributed by atoms with van der Waals surface area (Å²) in [5.74, 6) is -5.09. The molecule has 452 valence electrons. The molecule has 0 spiro atoms. The van der Waals surface area contributed by atoms with E-state index >= 15 is 17.6 Å². The Hall–Kier alpha value is -8.90. The molecule has 4 aromatic heterocycles. The highest BCUT2D eigenvalue weighted by Gasteiger charge is 2.35. The number of ether oxygens (including phenoxy) is 6. The molecular formula is C64H50Cl2F6N6O10. The molecule has 6 heterocycles. The molecule has 4 atom stereocenters. The second kappa shape index (κ2) is 26.2. The van der Waals surface area contributed by atoms with E-state index in [2.05, 4.69) is 19.9 Å². The van der Waals surface area contributed by atoms with E-state index in [4.69, 9.17) is 51.6 Å². The Morgan fingerprint density at radius 2 is 0.909 bits per heavy atom. The van der Waals surface area contributed by atoms with Gasteiger partial charge in [0.1, 0.15) is 72.0 Å². The van der Waals surface area contributed by atoms with Crippen molar-refractivity contribution in [2.75, 3.05) is 40.6 Å². The van der Waals surface area contributed by atoms with E-state index in [0.717, 1.165) is 24.3 Å². The summed E-state index contributed by atoms with van der Waals surface area (Å²) >= 11 is 11.6. The number of pyridine rings is 2. The topological polar surface area (TPSA) is 191 Å². The molecule has 2 aliphatic rings. The number of carboxylic acid groups (broad SMARTS) is 2. The van der Waals surface area contributed by atoms with Crippen LogP contribution in [0.25, 0.3) is 44.6 Å². The van der Waals surface area contributed by atoms with Gasteiger partial charge in [-0.1, -0.05) is 47.5 Å². The number of methoxy groups -OCH3 is 2. The number of hydrogen-bond donors (Lipinski definition) is 2. The number of nitrogens with zero attached hydrogens (tertiary/aromatic N) is 6. The smallest absolute Gasteiger partial charge is 0.335 e. The fraction of sp³-hybridized carbons (Fsp3) is 0.219. The van der Waals surface area contributed by atoms with Gasteiger partial charge in [-0.3, -0.25) is 0 Å². The number of aromatic nitrogens is 6. The van der Waals surface area contributed by atoms with Crippen LogP contribution < -0.4 is 9.47 Å². The lowest BCUT2D eigenvalue weighted by Crippen LogP contribution is -2.26. The third-order valence-corrected chi connectivity index (χ3v) is 15.5. The molecule has 10 aromatic rings. The van der Waals surface area contributed by atoms with Crippen molar-refractivity contribution in [3.8, 4) is 34.3 Å². The lowest BCUT2D eigenvalue weighted by molar-refractivity contribution is 0.0683. The minimum Gasteiger partial charge on any atom is -0.478 e. The molecule has 88 heavy (non-hydrogen) atoms. The molecule has 24 heteroatoms. The molecule has 2 saturated heterocycles. The monoisotopic (exact) mass is 1250 g/mol. The molecule has 2 fully saturated rings. The molecule has 2 N–H and O–H groups in total. The van der Waals surface area contributed by atoms with E-state index in [1.54, 1.807) is 47.6 Å². The number of hydrogen-bond acceptors (Lipinski definition) is 12. The van der Waals surface area contributed by atoms with Crippen molar-refractivity contribution in [1.82, 2.24) is 29.1 Å². The Balaban J connectivity index is 0.000000182. The lowest BCUT2D eigenvalue weighted by atomic mass is 10.0. The molecule has 0 aliphatic carbocycles. The van der Waals surface area contributed by atoms with Gasteiger partial charge in [-0.2, -0.15) is 0 Å². The van der Waals surface area contributed by atoms with Gasteiger partial charge in [0.15, 0.2) is 0 Å². The normalized spacial score (nSPS) is 16.5. The lowest BCUT2D eigenvalue weighted by Gasteiger charge is -2.21. The van der Waals surface area contributed by atoms with Crippen LogP contribution in [0.5, 0.6) is 11.8 Å². The van der Waals surface area contributed by atoms with E-state index in [0.29, 0.717) is 46.9 Å². The predicted molar refractivity (Wildman–Crippen MR) is 311 cm³/mol. The molecule has 0 bridgehead atoms. The Morgan fingerprint density at radius 3 is 1.30 bits per heavy atom. The van der Waals surface area contributed by atoms with Gasteiger partial charge in [0.05, 0.1) is 83.1 Å². The van der Waals surface area contributed by atoms with Gasteiger partial charge in [-0.05, 0) is 108 Å². The maximum absolute atomic E-state index is 15.6. The zero-order valence-electron chi connectivity index (χ0n) is 46.5. The van der Waals surface area contributed by atoms with Gasteiger partial charge >= 0.3 is 11.9 Å². The summed E-state index contributed by atoms with van der Waals surface area (Å²) in [7, 11) is 3.09. The molecule has 2 aliphatic heterocycles. The highest BCUT2D eigenvalue weighted by molar-refractivity contribution is 6.30. The van der Waals surface area contributed by atoms with Gasteiger partial charge in [0, 0.05) is 71.5 Å². The second-order valence-corrected chi connectivity index (χ2v) is 21.4. The first kappa shape index (κ1) is 60.8. The van der Waals surface area contributed by atoms with E-state index in [1.807, 2.05) is 0 Å². The average molecular weight is 1250 g/mol. The standard InChI is InChI=1S/2C32H25ClF3N3O5/c2*1-42-29-16-43-15-28(29)39-27-10-17(32(40)41)6-8-26(27)37-30(39)11-19-9-24(36)21(13-23(19)35)25-3-2-4-31(38-25)44-14-18-5-7-20(33)12-22(18)34/h2*2-10,12-13,28-29H,11,14-16H2,1H3,(H,40,41)/t2*28-,29+/m11/s1. The molecule has 16 nitrogen and oxygen atoms in total. The predicted octanol–water partition coefficient (Wildman–Crippen LogP) is 13.2. The first-order chi connectivity index (χ1) is 42.4. The Labute approximate surface area is 507 Å². The largest absolute Gasteiger partial charge is 0.478 e. The van der Waals surface area contributed by atoms with E-state index in [9.17, 15) is 28.6 Å². The van der Waals surface area contributed by atoms with Crippen LogP contribution in [-0.4, -0.2) is 104 Å². The summed E-state index contributed by atoms with van der Waals surface area (Å²) < 4.78 is 128. The molecular weight excluding hydrogens is 1200 g/mol. The summed E-state index contributed by atoms with van der Waals surface area (Å²) in [6.45, 7) is 0.917. The van der Waals surface area contributed by atoms with Crippen LogP contribution in [-0.2, 0) is 45.0 Å². The molecule has 0 saturated carbocycles. The van der Waals surface area contributed by atoms with Gasteiger partial charge in [0.2, 0.25) is 11.8 Å². The summed E-state index contributed by atoms with van der Waals surface area (Å²) in [6, 6.07) is 30.2. The van der Waals surface area contributed by atoms with Crippen molar-refractivity contribution in [3.05, 3.63) is 223 Å². The van der Waals surface area contributed by atoms with Gasteiger partial charge < -0.3 is 47.8 Å². The number of fused-ring (bicyclic) bond motifs is 2. The Morgan fingerprint density at radius 1 is 0.500 bits per heavy atom. The Kier molecular flexibility index (Phi) is 18.1. The van der Waals surface area contributed by atoms with Crippen molar-refractivity contribution in [3.63, 3.8) is 0 Å². The van der Waals surface area contributed by atoms with Crippen LogP contribution in [0.2, 0.25) is 10.0 Å². The molecule has 6 aromatic carbocycles. The second-order valence-electron chi connectivity index (χ2n) is 20.5. The quantitative estimate of drug-likeness (QED) is 0.0771. The minimum absolute atomic E-state index is 0.0414. The van der Waals surface area contributed by atoms with Crippen molar-refractivity contribution in [2.24, 2.45) is 0 Å². The van der Waals surface area contributed by atoms with Crippen LogP contribution in [0.3, 0.4) is 0 Å². The molecule has 0 amide bonds. The highest BCUT2D eigenvalue weighted by atomic mass is 35.5. The third kappa shape index (κ3) is 13.0. The summed E-state index contributed by atoms with van der Waals surface area (Å²) in [6.07, 6.45) is -0.868. The fourth-order valence-corrected chi connectivity index (χ4v) is 10.9. The summed E-state index contributed by atoms with van der Waals surface area (Å²) in [4.78, 5) is 41.2. The number of halogens is 8. The van der Waals surface area contributed by atoms with Crippen LogP contribution in [0, 0.1) is 34.9 Å². The maximum Gasteiger partial charge on any atom is 0.335 e. The number of imidazole rings is 2. The van der Waals surface area contributed by atoms with Crippen molar-refractivity contribution < 1.29 is 74.6 Å². The molecule has 0 radical (unpaired) electrons. The fourth-order valence-electron chi connectivity index (χ4n) is 10.6. The van der Waals surface area contributed by atoms with E-state index in [1.165, 1.54) is 84.9 Å².